The van der Waals surface area contributed by atoms with Crippen molar-refractivity contribution in [2.24, 2.45) is 12.8 Å². The van der Waals surface area contributed by atoms with Gasteiger partial charge in [-0.3, -0.25) is 0 Å². The van der Waals surface area contributed by atoms with Crippen LogP contribution in [0.25, 0.3) is 11.4 Å². The Kier molecular flexibility index (Phi) is 3.67. The quantitative estimate of drug-likeness (QED) is 0.895. The van der Waals surface area contributed by atoms with Crippen LogP contribution in [0.3, 0.4) is 0 Å². The molecule has 0 aliphatic carbocycles. The lowest BCUT2D eigenvalue weighted by Gasteiger charge is -2.10. The molecule has 0 atom stereocenters. The van der Waals surface area contributed by atoms with Crippen LogP contribution in [0, 0.1) is 6.92 Å². The summed E-state index contributed by atoms with van der Waals surface area (Å²) in [7, 11) is 3.69. The zero-order chi connectivity index (χ0) is 13.1. The van der Waals surface area contributed by atoms with Gasteiger partial charge in [-0.1, -0.05) is 11.6 Å². The second-order valence-corrected chi connectivity index (χ2v) is 4.37. The fourth-order valence-electron chi connectivity index (χ4n) is 2.07. The first-order valence-corrected chi connectivity index (χ1v) is 6.03. The normalized spacial score (nSPS) is 10.7. The molecule has 18 heavy (non-hydrogen) atoms. The van der Waals surface area contributed by atoms with E-state index in [0.717, 1.165) is 29.3 Å². The molecule has 0 saturated heterocycles. The van der Waals surface area contributed by atoms with Crippen molar-refractivity contribution in [3.63, 3.8) is 0 Å². The van der Waals surface area contributed by atoms with E-state index < -0.39 is 0 Å². The predicted molar refractivity (Wildman–Crippen MR) is 72.7 cm³/mol. The predicted octanol–water partition coefficient (Wildman–Crippen LogP) is 1.91. The highest BCUT2D eigenvalue weighted by atomic mass is 16.5. The van der Waals surface area contributed by atoms with Crippen LogP contribution in [0.15, 0.2) is 24.4 Å². The van der Waals surface area contributed by atoms with Gasteiger partial charge in [0.05, 0.1) is 12.7 Å². The molecule has 1 heterocycles. The molecule has 0 aliphatic rings. The monoisotopic (exact) mass is 245 g/mol. The molecule has 0 spiro atoms. The van der Waals surface area contributed by atoms with Crippen molar-refractivity contribution in [1.29, 1.82) is 0 Å². The summed E-state index contributed by atoms with van der Waals surface area (Å²) in [5.74, 6) is 1.76. The Morgan fingerprint density at radius 2 is 2.17 bits per heavy atom. The molecule has 0 radical (unpaired) electrons. The van der Waals surface area contributed by atoms with E-state index in [9.17, 15) is 0 Å². The van der Waals surface area contributed by atoms with Gasteiger partial charge in [0.15, 0.2) is 0 Å². The van der Waals surface area contributed by atoms with Crippen molar-refractivity contribution in [1.82, 2.24) is 9.55 Å². The summed E-state index contributed by atoms with van der Waals surface area (Å²) in [6.45, 7) is 2.69. The van der Waals surface area contributed by atoms with E-state index in [4.69, 9.17) is 10.5 Å². The maximum Gasteiger partial charge on any atom is 0.143 e. The Hall–Kier alpha value is -1.81. The number of methoxy groups -OCH3 is 1. The summed E-state index contributed by atoms with van der Waals surface area (Å²) in [5, 5.41) is 0. The van der Waals surface area contributed by atoms with Gasteiger partial charge in [-0.2, -0.15) is 0 Å². The molecule has 0 saturated carbocycles. The van der Waals surface area contributed by atoms with Crippen molar-refractivity contribution < 1.29 is 4.74 Å². The minimum Gasteiger partial charge on any atom is -0.496 e. The number of aryl methyl sites for hydroxylation is 1. The lowest BCUT2D eigenvalue weighted by Crippen LogP contribution is -2.07. The molecule has 4 heteroatoms. The minimum atomic E-state index is 0.629. The standard InChI is InChI=1S/C14H19N3O/c1-10-4-5-13(18-3)12(8-10)14-16-9-11(6-7-15)17(14)2/h4-5,8-9H,6-7,15H2,1-3H3. The average Bonchev–Trinajstić information content (AvgIpc) is 2.72. The number of rotatable bonds is 4. The zero-order valence-electron chi connectivity index (χ0n) is 11.1. The van der Waals surface area contributed by atoms with Crippen LogP contribution in [0.2, 0.25) is 0 Å². The van der Waals surface area contributed by atoms with Gasteiger partial charge in [-0.25, -0.2) is 4.98 Å². The van der Waals surface area contributed by atoms with Crippen LogP contribution >= 0.6 is 0 Å². The summed E-state index contributed by atoms with van der Waals surface area (Å²) in [6, 6.07) is 6.10. The average molecular weight is 245 g/mol. The van der Waals surface area contributed by atoms with Gasteiger partial charge in [0.1, 0.15) is 11.6 Å². The highest BCUT2D eigenvalue weighted by Gasteiger charge is 2.13. The van der Waals surface area contributed by atoms with Crippen LogP contribution < -0.4 is 10.5 Å². The SMILES string of the molecule is COc1ccc(C)cc1-c1ncc(CCN)n1C. The number of imidazole rings is 1. The van der Waals surface area contributed by atoms with E-state index in [1.54, 1.807) is 7.11 Å². The second-order valence-electron chi connectivity index (χ2n) is 4.37. The molecular weight excluding hydrogens is 226 g/mol. The largest absolute Gasteiger partial charge is 0.496 e. The molecule has 0 amide bonds. The third-order valence-corrected chi connectivity index (χ3v) is 3.08. The number of benzene rings is 1. The molecule has 1 aromatic heterocycles. The number of ether oxygens (including phenoxy) is 1. The fraction of sp³-hybridized carbons (Fsp3) is 0.357. The third kappa shape index (κ3) is 2.24. The van der Waals surface area contributed by atoms with E-state index in [0.29, 0.717) is 6.54 Å². The number of hydrogen-bond acceptors (Lipinski definition) is 3. The van der Waals surface area contributed by atoms with E-state index in [1.807, 2.05) is 25.4 Å². The Bertz CT molecular complexity index is 546. The summed E-state index contributed by atoms with van der Waals surface area (Å²) in [6.07, 6.45) is 2.71. The Labute approximate surface area is 107 Å². The summed E-state index contributed by atoms with van der Waals surface area (Å²) in [5.41, 5.74) is 8.93. The molecule has 0 unspecified atom stereocenters. The first-order chi connectivity index (χ1) is 8.67. The zero-order valence-corrected chi connectivity index (χ0v) is 11.1. The Balaban J connectivity index is 2.51. The van der Waals surface area contributed by atoms with Gasteiger partial charge in [-0.15, -0.1) is 0 Å². The van der Waals surface area contributed by atoms with Crippen LogP contribution in [-0.4, -0.2) is 23.2 Å². The van der Waals surface area contributed by atoms with Crippen molar-refractivity contribution in [2.45, 2.75) is 13.3 Å². The molecule has 96 valence electrons. The highest BCUT2D eigenvalue weighted by Crippen LogP contribution is 2.30. The topological polar surface area (TPSA) is 53.1 Å². The van der Waals surface area contributed by atoms with Gasteiger partial charge < -0.3 is 15.0 Å². The number of hydrogen-bond donors (Lipinski definition) is 1. The van der Waals surface area contributed by atoms with Crippen molar-refractivity contribution in [2.75, 3.05) is 13.7 Å². The minimum absolute atomic E-state index is 0.629. The van der Waals surface area contributed by atoms with Crippen LogP contribution in [0.4, 0.5) is 0 Å². The molecule has 2 rings (SSSR count). The molecule has 0 aliphatic heterocycles. The maximum atomic E-state index is 5.59. The maximum absolute atomic E-state index is 5.59. The van der Waals surface area contributed by atoms with E-state index in [-0.39, 0.29) is 0 Å². The first-order valence-electron chi connectivity index (χ1n) is 6.03. The lowest BCUT2D eigenvalue weighted by atomic mass is 10.1. The molecule has 1 aromatic carbocycles. The summed E-state index contributed by atoms with van der Waals surface area (Å²) < 4.78 is 7.47. The molecule has 4 nitrogen and oxygen atoms in total. The van der Waals surface area contributed by atoms with Crippen LogP contribution in [0.5, 0.6) is 5.75 Å². The fourth-order valence-corrected chi connectivity index (χ4v) is 2.07. The number of nitrogens with zero attached hydrogens (tertiary/aromatic N) is 2. The molecule has 2 N–H and O–H groups in total. The lowest BCUT2D eigenvalue weighted by molar-refractivity contribution is 0.416. The molecule has 0 fully saturated rings. The summed E-state index contributed by atoms with van der Waals surface area (Å²) >= 11 is 0. The highest BCUT2D eigenvalue weighted by molar-refractivity contribution is 5.66. The summed E-state index contributed by atoms with van der Waals surface area (Å²) in [4.78, 5) is 4.48. The van der Waals surface area contributed by atoms with E-state index in [2.05, 4.69) is 22.5 Å². The van der Waals surface area contributed by atoms with Crippen molar-refractivity contribution >= 4 is 0 Å². The second kappa shape index (κ2) is 5.23. The van der Waals surface area contributed by atoms with Gasteiger partial charge in [0.2, 0.25) is 0 Å². The Morgan fingerprint density at radius 3 is 2.83 bits per heavy atom. The van der Waals surface area contributed by atoms with Crippen LogP contribution in [0.1, 0.15) is 11.3 Å². The van der Waals surface area contributed by atoms with Crippen molar-refractivity contribution in [3.8, 4) is 17.1 Å². The van der Waals surface area contributed by atoms with Crippen molar-refractivity contribution in [3.05, 3.63) is 35.7 Å². The molecule has 0 bridgehead atoms. The van der Waals surface area contributed by atoms with E-state index in [1.165, 1.54) is 5.56 Å². The van der Waals surface area contributed by atoms with Crippen LogP contribution in [-0.2, 0) is 13.5 Å². The third-order valence-electron chi connectivity index (χ3n) is 3.08. The Morgan fingerprint density at radius 1 is 1.39 bits per heavy atom. The number of aromatic nitrogens is 2. The van der Waals surface area contributed by atoms with E-state index >= 15 is 0 Å². The van der Waals surface area contributed by atoms with Gasteiger partial charge >= 0.3 is 0 Å². The van der Waals surface area contributed by atoms with Gasteiger partial charge in [0.25, 0.3) is 0 Å². The molecule has 2 aromatic rings. The number of nitrogens with two attached hydrogens (primary N) is 1. The van der Waals surface area contributed by atoms with Gasteiger partial charge in [0, 0.05) is 25.4 Å². The molecular formula is C14H19N3O. The first kappa shape index (κ1) is 12.6. The smallest absolute Gasteiger partial charge is 0.143 e. The van der Waals surface area contributed by atoms with Gasteiger partial charge in [-0.05, 0) is 25.6 Å².